The molecule has 14 heavy (non-hydrogen) atoms. The van der Waals surface area contributed by atoms with Gasteiger partial charge in [-0.1, -0.05) is 40.5 Å². The van der Waals surface area contributed by atoms with Crippen LogP contribution in [0.2, 0.25) is 0 Å². The molecule has 0 saturated heterocycles. The van der Waals surface area contributed by atoms with Crippen molar-refractivity contribution < 1.29 is 0 Å². The summed E-state index contributed by atoms with van der Waals surface area (Å²) in [6.07, 6.45) is 5.62. The highest BCUT2D eigenvalue weighted by atomic mass is 15.0. The summed E-state index contributed by atoms with van der Waals surface area (Å²) in [5, 5.41) is 3.62. The topological polar surface area (TPSA) is 12.0 Å². The Balaban J connectivity index is 0. The molecular weight excluding hydrogens is 170 g/mol. The molecule has 0 aromatic carbocycles. The Kier molecular flexibility index (Phi) is 11.1. The van der Waals surface area contributed by atoms with E-state index in [0.29, 0.717) is 5.54 Å². The molecule has 1 rings (SSSR count). The lowest BCUT2D eigenvalue weighted by Crippen LogP contribution is -2.42. The fourth-order valence-electron chi connectivity index (χ4n) is 1.68. The van der Waals surface area contributed by atoms with Gasteiger partial charge in [-0.05, 0) is 33.6 Å². The Morgan fingerprint density at radius 3 is 1.50 bits per heavy atom. The summed E-state index contributed by atoms with van der Waals surface area (Å²) in [7, 11) is 0. The summed E-state index contributed by atoms with van der Waals surface area (Å²) in [5.41, 5.74) is 0.314. The maximum atomic E-state index is 3.62. The van der Waals surface area contributed by atoms with Crippen LogP contribution in [0.4, 0.5) is 0 Å². The smallest absolute Gasteiger partial charge is 0.00990 e. The minimum absolute atomic E-state index is 0.314. The van der Waals surface area contributed by atoms with Crippen molar-refractivity contribution in [3.8, 4) is 0 Å². The number of nitrogens with one attached hydrogen (secondary N) is 1. The second kappa shape index (κ2) is 9.51. The normalized spacial score (nSPS) is 16.5. The first-order valence-corrected chi connectivity index (χ1v) is 6.36. The quantitative estimate of drug-likeness (QED) is 0.664. The van der Waals surface area contributed by atoms with Crippen molar-refractivity contribution in [1.29, 1.82) is 0 Å². The van der Waals surface area contributed by atoms with E-state index in [1.165, 1.54) is 25.7 Å². The molecule has 0 bridgehead atoms. The average Bonchev–Trinajstić information content (AvgIpc) is 2.61. The van der Waals surface area contributed by atoms with E-state index in [0.717, 1.165) is 6.04 Å². The van der Waals surface area contributed by atoms with Gasteiger partial charge in [-0.2, -0.15) is 0 Å². The third-order valence-corrected chi connectivity index (χ3v) is 1.99. The Morgan fingerprint density at radius 2 is 1.21 bits per heavy atom. The molecule has 88 valence electrons. The second-order valence-corrected chi connectivity index (χ2v) is 4.38. The van der Waals surface area contributed by atoms with Gasteiger partial charge in [-0.3, -0.25) is 0 Å². The highest BCUT2D eigenvalue weighted by molar-refractivity contribution is 4.81. The highest BCUT2D eigenvalue weighted by Crippen LogP contribution is 2.19. The molecule has 0 spiro atoms. The standard InChI is InChI=1S/C9H19N.2C2H6/c1-9(2,3)10-8-6-4-5-7-8;2*1-2/h8,10H,4-7H2,1-3H3;2*1-2H3. The SMILES string of the molecule is CC.CC.CC(C)(C)NC1CCCC1. The van der Waals surface area contributed by atoms with Gasteiger partial charge in [0.25, 0.3) is 0 Å². The third-order valence-electron chi connectivity index (χ3n) is 1.99. The monoisotopic (exact) mass is 201 g/mol. The van der Waals surface area contributed by atoms with Crippen LogP contribution >= 0.6 is 0 Å². The summed E-state index contributed by atoms with van der Waals surface area (Å²) in [4.78, 5) is 0. The molecule has 0 aromatic rings. The first kappa shape index (κ1) is 16.4. The number of rotatable bonds is 1. The van der Waals surface area contributed by atoms with Gasteiger partial charge in [0, 0.05) is 11.6 Å². The van der Waals surface area contributed by atoms with E-state index in [-0.39, 0.29) is 0 Å². The van der Waals surface area contributed by atoms with Crippen LogP contribution in [0.15, 0.2) is 0 Å². The van der Waals surface area contributed by atoms with Crippen molar-refractivity contribution in [3.05, 3.63) is 0 Å². The van der Waals surface area contributed by atoms with Crippen LogP contribution in [0.5, 0.6) is 0 Å². The first-order chi connectivity index (χ1) is 6.58. The van der Waals surface area contributed by atoms with Crippen molar-refractivity contribution in [2.45, 2.75) is 85.7 Å². The molecule has 0 aliphatic heterocycles. The van der Waals surface area contributed by atoms with Crippen LogP contribution in [-0.2, 0) is 0 Å². The summed E-state index contributed by atoms with van der Waals surface area (Å²) in [6.45, 7) is 14.7. The van der Waals surface area contributed by atoms with Gasteiger partial charge in [0.15, 0.2) is 0 Å². The molecule has 0 radical (unpaired) electrons. The summed E-state index contributed by atoms with van der Waals surface area (Å²) in [6, 6.07) is 0.806. The van der Waals surface area contributed by atoms with E-state index in [1.807, 2.05) is 27.7 Å². The minimum Gasteiger partial charge on any atom is -0.309 e. The first-order valence-electron chi connectivity index (χ1n) is 6.36. The van der Waals surface area contributed by atoms with Gasteiger partial charge in [0.2, 0.25) is 0 Å². The van der Waals surface area contributed by atoms with Gasteiger partial charge in [-0.25, -0.2) is 0 Å². The molecule has 1 aliphatic rings. The van der Waals surface area contributed by atoms with Crippen LogP contribution in [0.25, 0.3) is 0 Å². The number of hydrogen-bond donors (Lipinski definition) is 1. The molecule has 0 aromatic heterocycles. The van der Waals surface area contributed by atoms with E-state index in [1.54, 1.807) is 0 Å². The van der Waals surface area contributed by atoms with Crippen molar-refractivity contribution in [2.75, 3.05) is 0 Å². The van der Waals surface area contributed by atoms with Crippen molar-refractivity contribution in [2.24, 2.45) is 0 Å². The Labute approximate surface area is 91.7 Å². The molecule has 1 N–H and O–H groups in total. The average molecular weight is 201 g/mol. The zero-order valence-corrected chi connectivity index (χ0v) is 11.4. The zero-order chi connectivity index (χ0) is 11.6. The van der Waals surface area contributed by atoms with E-state index in [2.05, 4.69) is 26.1 Å². The lowest BCUT2D eigenvalue weighted by molar-refractivity contribution is 0.361. The molecule has 1 nitrogen and oxygen atoms in total. The van der Waals surface area contributed by atoms with Crippen molar-refractivity contribution in [3.63, 3.8) is 0 Å². The van der Waals surface area contributed by atoms with Gasteiger partial charge >= 0.3 is 0 Å². The molecule has 0 heterocycles. The van der Waals surface area contributed by atoms with Crippen LogP contribution in [0.3, 0.4) is 0 Å². The van der Waals surface area contributed by atoms with Crippen molar-refractivity contribution >= 4 is 0 Å². The molecule has 0 amide bonds. The fraction of sp³-hybridized carbons (Fsp3) is 1.00. The zero-order valence-electron chi connectivity index (χ0n) is 11.4. The summed E-state index contributed by atoms with van der Waals surface area (Å²) >= 11 is 0. The maximum absolute atomic E-state index is 3.62. The second-order valence-electron chi connectivity index (χ2n) is 4.38. The highest BCUT2D eigenvalue weighted by Gasteiger charge is 2.19. The molecule has 1 saturated carbocycles. The third kappa shape index (κ3) is 10.0. The fourth-order valence-corrected chi connectivity index (χ4v) is 1.68. The van der Waals surface area contributed by atoms with Crippen LogP contribution in [0, 0.1) is 0 Å². The van der Waals surface area contributed by atoms with Gasteiger partial charge in [0.05, 0.1) is 0 Å². The van der Waals surface area contributed by atoms with Gasteiger partial charge in [-0.15, -0.1) is 0 Å². The van der Waals surface area contributed by atoms with E-state index < -0.39 is 0 Å². The molecular formula is C13H31N. The van der Waals surface area contributed by atoms with E-state index >= 15 is 0 Å². The Hall–Kier alpha value is -0.0400. The molecule has 0 unspecified atom stereocenters. The van der Waals surface area contributed by atoms with E-state index in [9.17, 15) is 0 Å². The summed E-state index contributed by atoms with van der Waals surface area (Å²) in [5.74, 6) is 0. The molecule has 1 heteroatoms. The van der Waals surface area contributed by atoms with Crippen LogP contribution < -0.4 is 5.32 Å². The van der Waals surface area contributed by atoms with Crippen molar-refractivity contribution in [1.82, 2.24) is 5.32 Å². The van der Waals surface area contributed by atoms with Crippen LogP contribution in [-0.4, -0.2) is 11.6 Å². The van der Waals surface area contributed by atoms with E-state index in [4.69, 9.17) is 0 Å². The predicted molar refractivity (Wildman–Crippen MR) is 67.8 cm³/mol. The van der Waals surface area contributed by atoms with Crippen LogP contribution in [0.1, 0.15) is 74.1 Å². The molecule has 1 fully saturated rings. The minimum atomic E-state index is 0.314. The number of hydrogen-bond acceptors (Lipinski definition) is 1. The lowest BCUT2D eigenvalue weighted by Gasteiger charge is -2.25. The molecule has 1 aliphatic carbocycles. The Morgan fingerprint density at radius 1 is 0.857 bits per heavy atom. The maximum Gasteiger partial charge on any atom is 0.00990 e. The Bertz CT molecular complexity index is 96.3. The predicted octanol–water partition coefficient (Wildman–Crippen LogP) is 4.37. The summed E-state index contributed by atoms with van der Waals surface area (Å²) < 4.78 is 0. The largest absolute Gasteiger partial charge is 0.309 e. The lowest BCUT2D eigenvalue weighted by atomic mass is 10.1. The van der Waals surface area contributed by atoms with Gasteiger partial charge < -0.3 is 5.32 Å². The van der Waals surface area contributed by atoms with Gasteiger partial charge in [0.1, 0.15) is 0 Å². The molecule has 0 atom stereocenters.